The monoisotopic (exact) mass is 321 g/mol. The number of carbonyl (C=O) groups excluding carboxylic acids is 1. The van der Waals surface area contributed by atoms with E-state index in [2.05, 4.69) is 5.32 Å². The van der Waals surface area contributed by atoms with Crippen molar-refractivity contribution in [1.29, 1.82) is 0 Å². The summed E-state index contributed by atoms with van der Waals surface area (Å²) in [5.41, 5.74) is 1.28. The summed E-state index contributed by atoms with van der Waals surface area (Å²) in [4.78, 5) is 12.4. The SMILES string of the molecule is O=C(NC1CCOc2ccccc21)c1c(Cl)cccc1Cl. The lowest BCUT2D eigenvalue weighted by atomic mass is 10.00. The summed E-state index contributed by atoms with van der Waals surface area (Å²) < 4.78 is 5.58. The first-order valence-electron chi connectivity index (χ1n) is 6.63. The number of para-hydroxylation sites is 1. The Bertz CT molecular complexity index is 667. The third-order valence-electron chi connectivity index (χ3n) is 3.45. The molecule has 0 bridgehead atoms. The van der Waals surface area contributed by atoms with E-state index in [4.69, 9.17) is 27.9 Å². The van der Waals surface area contributed by atoms with Gasteiger partial charge in [-0.3, -0.25) is 4.79 Å². The van der Waals surface area contributed by atoms with Gasteiger partial charge in [-0.05, 0) is 18.2 Å². The zero-order valence-electron chi connectivity index (χ0n) is 11.1. The van der Waals surface area contributed by atoms with Gasteiger partial charge in [0, 0.05) is 12.0 Å². The largest absolute Gasteiger partial charge is 0.493 e. The molecule has 2 aromatic carbocycles. The second-order valence-electron chi connectivity index (χ2n) is 4.80. The standard InChI is InChI=1S/C16H13Cl2NO2/c17-11-5-3-6-12(18)15(11)16(20)19-13-8-9-21-14-7-2-1-4-10(13)14/h1-7,13H,8-9H2,(H,19,20). The molecule has 1 heterocycles. The predicted octanol–water partition coefficient (Wildman–Crippen LogP) is 4.25. The highest BCUT2D eigenvalue weighted by Gasteiger charge is 2.24. The third-order valence-corrected chi connectivity index (χ3v) is 4.08. The van der Waals surface area contributed by atoms with Crippen molar-refractivity contribution < 1.29 is 9.53 Å². The Balaban J connectivity index is 1.86. The molecule has 108 valence electrons. The van der Waals surface area contributed by atoms with Crippen LogP contribution in [-0.4, -0.2) is 12.5 Å². The molecule has 0 aromatic heterocycles. The van der Waals surface area contributed by atoms with Gasteiger partial charge in [0.2, 0.25) is 0 Å². The van der Waals surface area contributed by atoms with Crippen LogP contribution in [0.5, 0.6) is 5.75 Å². The third kappa shape index (κ3) is 2.85. The Labute approximate surface area is 132 Å². The van der Waals surface area contributed by atoms with Crippen LogP contribution in [0.2, 0.25) is 10.0 Å². The molecule has 1 amide bonds. The van der Waals surface area contributed by atoms with E-state index in [0.29, 0.717) is 28.6 Å². The summed E-state index contributed by atoms with van der Waals surface area (Å²) in [6.07, 6.45) is 0.713. The number of benzene rings is 2. The van der Waals surface area contributed by atoms with Crippen LogP contribution >= 0.6 is 23.2 Å². The number of hydrogen-bond donors (Lipinski definition) is 1. The summed E-state index contributed by atoms with van der Waals surface area (Å²) in [6, 6.07) is 12.6. The number of fused-ring (bicyclic) bond motifs is 1. The molecule has 0 aliphatic carbocycles. The van der Waals surface area contributed by atoms with Crippen molar-refractivity contribution in [3.8, 4) is 5.75 Å². The Morgan fingerprint density at radius 1 is 1.10 bits per heavy atom. The lowest BCUT2D eigenvalue weighted by molar-refractivity contribution is 0.0925. The molecule has 0 saturated heterocycles. The van der Waals surface area contributed by atoms with Gasteiger partial charge < -0.3 is 10.1 Å². The quantitative estimate of drug-likeness (QED) is 0.898. The van der Waals surface area contributed by atoms with E-state index < -0.39 is 0 Å². The van der Waals surface area contributed by atoms with E-state index in [1.54, 1.807) is 18.2 Å². The van der Waals surface area contributed by atoms with Crippen molar-refractivity contribution in [1.82, 2.24) is 5.32 Å². The summed E-state index contributed by atoms with van der Waals surface area (Å²) in [5, 5.41) is 3.68. The molecule has 0 spiro atoms. The lowest BCUT2D eigenvalue weighted by Gasteiger charge is -2.26. The van der Waals surface area contributed by atoms with E-state index in [9.17, 15) is 4.79 Å². The van der Waals surface area contributed by atoms with Gasteiger partial charge in [0.05, 0.1) is 28.3 Å². The molecule has 0 saturated carbocycles. The molecule has 3 rings (SSSR count). The molecule has 0 fully saturated rings. The van der Waals surface area contributed by atoms with E-state index in [0.717, 1.165) is 11.3 Å². The van der Waals surface area contributed by atoms with Gasteiger partial charge >= 0.3 is 0 Å². The van der Waals surface area contributed by atoms with Crippen molar-refractivity contribution in [2.45, 2.75) is 12.5 Å². The van der Waals surface area contributed by atoms with Crippen molar-refractivity contribution in [2.75, 3.05) is 6.61 Å². The first-order chi connectivity index (χ1) is 10.2. The zero-order chi connectivity index (χ0) is 14.8. The van der Waals surface area contributed by atoms with Gasteiger partial charge in [-0.25, -0.2) is 0 Å². The van der Waals surface area contributed by atoms with Crippen LogP contribution in [-0.2, 0) is 0 Å². The van der Waals surface area contributed by atoms with Gasteiger partial charge in [0.15, 0.2) is 0 Å². The molecule has 1 atom stereocenters. The minimum absolute atomic E-state index is 0.102. The molecule has 3 nitrogen and oxygen atoms in total. The van der Waals surface area contributed by atoms with Crippen LogP contribution in [0, 0.1) is 0 Å². The molecule has 0 radical (unpaired) electrons. The number of hydrogen-bond acceptors (Lipinski definition) is 2. The smallest absolute Gasteiger partial charge is 0.254 e. The van der Waals surface area contributed by atoms with Crippen LogP contribution in [0.25, 0.3) is 0 Å². The number of halogens is 2. The average Bonchev–Trinajstić information content (AvgIpc) is 2.47. The highest BCUT2D eigenvalue weighted by atomic mass is 35.5. The van der Waals surface area contributed by atoms with E-state index in [-0.39, 0.29) is 11.9 Å². The normalized spacial score (nSPS) is 16.8. The highest BCUT2D eigenvalue weighted by molar-refractivity contribution is 6.39. The fourth-order valence-electron chi connectivity index (χ4n) is 2.44. The molecule has 5 heteroatoms. The maximum Gasteiger partial charge on any atom is 0.254 e. The van der Waals surface area contributed by atoms with E-state index >= 15 is 0 Å². The number of amides is 1. The summed E-state index contributed by atoms with van der Waals surface area (Å²) in [7, 11) is 0. The fraction of sp³-hybridized carbons (Fsp3) is 0.188. The Morgan fingerprint density at radius 2 is 1.81 bits per heavy atom. The molecule has 1 unspecified atom stereocenters. The highest BCUT2D eigenvalue weighted by Crippen LogP contribution is 2.32. The minimum Gasteiger partial charge on any atom is -0.493 e. The summed E-state index contributed by atoms with van der Waals surface area (Å²) in [6.45, 7) is 0.568. The van der Waals surface area contributed by atoms with Crippen LogP contribution in [0.15, 0.2) is 42.5 Å². The molecule has 21 heavy (non-hydrogen) atoms. The number of nitrogens with one attached hydrogen (secondary N) is 1. The van der Waals surface area contributed by atoms with Crippen LogP contribution < -0.4 is 10.1 Å². The second kappa shape index (κ2) is 5.96. The maximum absolute atomic E-state index is 12.4. The molecule has 1 aliphatic rings. The number of carbonyl (C=O) groups is 1. The van der Waals surface area contributed by atoms with Crippen molar-refractivity contribution in [3.63, 3.8) is 0 Å². The van der Waals surface area contributed by atoms with Gasteiger partial charge in [-0.15, -0.1) is 0 Å². The lowest BCUT2D eigenvalue weighted by Crippen LogP contribution is -2.32. The van der Waals surface area contributed by atoms with E-state index in [1.165, 1.54) is 0 Å². The fourth-order valence-corrected chi connectivity index (χ4v) is 3.01. The summed E-state index contributed by atoms with van der Waals surface area (Å²) >= 11 is 12.1. The second-order valence-corrected chi connectivity index (χ2v) is 5.61. The van der Waals surface area contributed by atoms with Crippen molar-refractivity contribution in [3.05, 3.63) is 63.6 Å². The predicted molar refractivity (Wildman–Crippen MR) is 83.2 cm³/mol. The topological polar surface area (TPSA) is 38.3 Å². The Morgan fingerprint density at radius 3 is 2.57 bits per heavy atom. The molecule has 2 aromatic rings. The Hall–Kier alpha value is -1.71. The molecular weight excluding hydrogens is 309 g/mol. The van der Waals surface area contributed by atoms with Crippen LogP contribution in [0.1, 0.15) is 28.4 Å². The molecule has 1 aliphatic heterocycles. The van der Waals surface area contributed by atoms with Gasteiger partial charge in [0.25, 0.3) is 5.91 Å². The first kappa shape index (κ1) is 14.2. The van der Waals surface area contributed by atoms with Crippen LogP contribution in [0.4, 0.5) is 0 Å². The zero-order valence-corrected chi connectivity index (χ0v) is 12.6. The average molecular weight is 322 g/mol. The first-order valence-corrected chi connectivity index (χ1v) is 7.39. The van der Waals surface area contributed by atoms with Crippen molar-refractivity contribution >= 4 is 29.1 Å². The Kier molecular flexibility index (Phi) is 4.04. The van der Waals surface area contributed by atoms with Crippen LogP contribution in [0.3, 0.4) is 0 Å². The van der Waals surface area contributed by atoms with Gasteiger partial charge in [0.1, 0.15) is 5.75 Å². The molecular formula is C16H13Cl2NO2. The molecule has 1 N–H and O–H groups in total. The maximum atomic E-state index is 12.4. The van der Waals surface area contributed by atoms with Crippen molar-refractivity contribution in [2.24, 2.45) is 0 Å². The number of rotatable bonds is 2. The van der Waals surface area contributed by atoms with Gasteiger partial charge in [-0.1, -0.05) is 47.5 Å². The van der Waals surface area contributed by atoms with E-state index in [1.807, 2.05) is 24.3 Å². The number of ether oxygens (including phenoxy) is 1. The summed E-state index contributed by atoms with van der Waals surface area (Å²) in [5.74, 6) is 0.534. The van der Waals surface area contributed by atoms with Gasteiger partial charge in [-0.2, -0.15) is 0 Å². The minimum atomic E-state index is -0.271.